The smallest absolute Gasteiger partial charge is 0.167 e. The molecule has 0 aromatic carbocycles. The van der Waals surface area contributed by atoms with E-state index >= 15 is 0 Å². The molecule has 3 nitrogen and oxygen atoms in total. The van der Waals surface area contributed by atoms with Gasteiger partial charge >= 0.3 is 0 Å². The number of anilines is 1. The molecule has 1 heterocycles. The van der Waals surface area contributed by atoms with Crippen LogP contribution in [0.25, 0.3) is 0 Å². The fraction of sp³-hybridized carbons (Fsp3) is 0.615. The van der Waals surface area contributed by atoms with Crippen molar-refractivity contribution in [2.45, 2.75) is 44.7 Å². The lowest BCUT2D eigenvalue weighted by molar-refractivity contribution is 0.374. The molecule has 0 amide bonds. The van der Waals surface area contributed by atoms with E-state index in [2.05, 4.69) is 4.98 Å². The zero-order valence-corrected chi connectivity index (χ0v) is 11.3. The van der Waals surface area contributed by atoms with Crippen molar-refractivity contribution in [2.24, 2.45) is 5.73 Å². The first-order valence-electron chi connectivity index (χ1n) is 6.45. The molecule has 1 aliphatic carbocycles. The third-order valence-corrected chi connectivity index (χ3v) is 3.79. The summed E-state index contributed by atoms with van der Waals surface area (Å²) in [6.07, 6.45) is 5.49. The minimum absolute atomic E-state index is 0.294. The van der Waals surface area contributed by atoms with Crippen LogP contribution in [0.15, 0.2) is 12.3 Å². The van der Waals surface area contributed by atoms with Crippen LogP contribution >= 0.6 is 11.6 Å². The van der Waals surface area contributed by atoms with Crippen molar-refractivity contribution in [3.05, 3.63) is 23.1 Å². The summed E-state index contributed by atoms with van der Waals surface area (Å²) in [6, 6.07) is 1.95. The van der Waals surface area contributed by atoms with Crippen LogP contribution in [0.4, 0.5) is 10.2 Å². The quantitative estimate of drug-likeness (QED) is 0.919. The first-order chi connectivity index (χ1) is 8.61. The second-order valence-corrected chi connectivity index (χ2v) is 5.25. The van der Waals surface area contributed by atoms with Crippen LogP contribution in [0, 0.1) is 5.82 Å². The van der Waals surface area contributed by atoms with Gasteiger partial charge in [-0.15, -0.1) is 0 Å². The predicted octanol–water partition coefficient (Wildman–Crippen LogP) is 2.97. The number of hydrogen-bond donors (Lipinski definition) is 1. The molecule has 100 valence electrons. The Labute approximate surface area is 112 Å². The highest BCUT2D eigenvalue weighted by Gasteiger charge is 2.25. The molecule has 0 spiro atoms. The van der Waals surface area contributed by atoms with E-state index in [4.69, 9.17) is 17.3 Å². The molecule has 0 saturated heterocycles. The van der Waals surface area contributed by atoms with Gasteiger partial charge in [-0.25, -0.2) is 9.37 Å². The van der Waals surface area contributed by atoms with Crippen molar-refractivity contribution in [3.8, 4) is 0 Å². The second-order valence-electron chi connectivity index (χ2n) is 4.81. The van der Waals surface area contributed by atoms with Gasteiger partial charge in [0.25, 0.3) is 0 Å². The average molecular weight is 272 g/mol. The molecule has 2 rings (SSSR count). The molecule has 5 heteroatoms. The summed E-state index contributed by atoms with van der Waals surface area (Å²) >= 11 is 5.73. The minimum Gasteiger partial charge on any atom is -0.351 e. The Morgan fingerprint density at radius 3 is 2.67 bits per heavy atom. The summed E-state index contributed by atoms with van der Waals surface area (Å²) in [4.78, 5) is 6.16. The minimum atomic E-state index is -0.348. The maximum Gasteiger partial charge on any atom is 0.167 e. The Kier molecular flexibility index (Phi) is 4.40. The highest BCUT2D eigenvalue weighted by atomic mass is 35.5. The number of hydrogen-bond acceptors (Lipinski definition) is 3. The SMILES string of the molecule is CCN(c1ncc(Cl)cc1F)C1CCC(N)CC1. The molecule has 0 aliphatic heterocycles. The van der Waals surface area contributed by atoms with E-state index in [1.54, 1.807) is 0 Å². The van der Waals surface area contributed by atoms with Crippen molar-refractivity contribution >= 4 is 17.4 Å². The van der Waals surface area contributed by atoms with Crippen LogP contribution in [0.2, 0.25) is 5.02 Å². The molecular formula is C13H19ClFN3. The normalized spacial score (nSPS) is 24.0. The highest BCUT2D eigenvalue weighted by molar-refractivity contribution is 6.30. The van der Waals surface area contributed by atoms with Crippen LogP contribution in [0.3, 0.4) is 0 Å². The van der Waals surface area contributed by atoms with Crippen LogP contribution in [0.5, 0.6) is 0 Å². The average Bonchev–Trinajstić information content (AvgIpc) is 2.35. The maximum atomic E-state index is 13.9. The zero-order chi connectivity index (χ0) is 13.1. The van der Waals surface area contributed by atoms with Crippen molar-refractivity contribution in [1.29, 1.82) is 0 Å². The fourth-order valence-electron chi connectivity index (χ4n) is 2.61. The van der Waals surface area contributed by atoms with E-state index in [1.165, 1.54) is 12.3 Å². The van der Waals surface area contributed by atoms with Gasteiger partial charge in [0.05, 0.1) is 5.02 Å². The van der Waals surface area contributed by atoms with Crippen molar-refractivity contribution in [2.75, 3.05) is 11.4 Å². The molecule has 0 atom stereocenters. The molecule has 0 radical (unpaired) electrons. The lowest BCUT2D eigenvalue weighted by Gasteiger charge is -2.36. The number of halogens is 2. The van der Waals surface area contributed by atoms with Gasteiger partial charge < -0.3 is 10.6 Å². The van der Waals surface area contributed by atoms with E-state index in [0.29, 0.717) is 22.9 Å². The van der Waals surface area contributed by atoms with Crippen molar-refractivity contribution < 1.29 is 4.39 Å². The van der Waals surface area contributed by atoms with E-state index < -0.39 is 0 Å². The van der Waals surface area contributed by atoms with Gasteiger partial charge in [0.2, 0.25) is 0 Å². The Bertz CT molecular complexity index is 405. The van der Waals surface area contributed by atoms with E-state index in [1.807, 2.05) is 11.8 Å². The Morgan fingerprint density at radius 1 is 1.44 bits per heavy atom. The van der Waals surface area contributed by atoms with E-state index in [-0.39, 0.29) is 5.82 Å². The summed E-state index contributed by atoms with van der Waals surface area (Å²) in [5.41, 5.74) is 5.90. The van der Waals surface area contributed by atoms with Gasteiger partial charge in [-0.1, -0.05) is 11.6 Å². The van der Waals surface area contributed by atoms with E-state index in [9.17, 15) is 4.39 Å². The molecule has 0 unspecified atom stereocenters. The van der Waals surface area contributed by atoms with Gasteiger partial charge in [-0.05, 0) is 38.7 Å². The van der Waals surface area contributed by atoms with Gasteiger partial charge in [0.1, 0.15) is 0 Å². The molecular weight excluding hydrogens is 253 g/mol. The first-order valence-corrected chi connectivity index (χ1v) is 6.83. The highest BCUT2D eigenvalue weighted by Crippen LogP contribution is 2.28. The first kappa shape index (κ1) is 13.6. The summed E-state index contributed by atoms with van der Waals surface area (Å²) in [7, 11) is 0. The van der Waals surface area contributed by atoms with E-state index in [0.717, 1.165) is 32.2 Å². The summed E-state index contributed by atoms with van der Waals surface area (Å²) in [5, 5.41) is 0.331. The van der Waals surface area contributed by atoms with Gasteiger partial charge in [0.15, 0.2) is 11.6 Å². The monoisotopic (exact) mass is 271 g/mol. The summed E-state index contributed by atoms with van der Waals surface area (Å²) < 4.78 is 13.9. The third kappa shape index (κ3) is 2.93. The Balaban J connectivity index is 2.17. The van der Waals surface area contributed by atoms with Gasteiger partial charge in [-0.3, -0.25) is 0 Å². The van der Waals surface area contributed by atoms with Crippen LogP contribution in [-0.2, 0) is 0 Å². The summed E-state index contributed by atoms with van der Waals surface area (Å²) in [5.74, 6) is 0.0570. The standard InChI is InChI=1S/C13H19ClFN3/c1-2-18(11-5-3-10(16)4-6-11)13-12(15)7-9(14)8-17-13/h7-8,10-11H,2-6,16H2,1H3. The molecule has 18 heavy (non-hydrogen) atoms. The number of nitrogens with zero attached hydrogens (tertiary/aromatic N) is 2. The van der Waals surface area contributed by atoms with Crippen molar-refractivity contribution in [3.63, 3.8) is 0 Å². The molecule has 1 saturated carbocycles. The molecule has 0 bridgehead atoms. The largest absolute Gasteiger partial charge is 0.351 e. The lowest BCUT2D eigenvalue weighted by Crippen LogP contribution is -2.41. The summed E-state index contributed by atoms with van der Waals surface area (Å²) in [6.45, 7) is 2.76. The zero-order valence-electron chi connectivity index (χ0n) is 10.6. The van der Waals surface area contributed by atoms with Crippen molar-refractivity contribution in [1.82, 2.24) is 4.98 Å². The molecule has 1 aromatic heterocycles. The van der Waals surface area contributed by atoms with Crippen LogP contribution < -0.4 is 10.6 Å². The Hall–Kier alpha value is -0.870. The maximum absolute atomic E-state index is 13.9. The Morgan fingerprint density at radius 2 is 2.11 bits per heavy atom. The van der Waals surface area contributed by atoms with Crippen LogP contribution in [-0.4, -0.2) is 23.6 Å². The number of rotatable bonds is 3. The van der Waals surface area contributed by atoms with Gasteiger partial charge in [-0.2, -0.15) is 0 Å². The predicted molar refractivity (Wildman–Crippen MR) is 72.5 cm³/mol. The lowest BCUT2D eigenvalue weighted by atomic mass is 9.90. The topological polar surface area (TPSA) is 42.2 Å². The molecule has 1 aromatic rings. The number of aromatic nitrogens is 1. The molecule has 2 N–H and O–H groups in total. The third-order valence-electron chi connectivity index (χ3n) is 3.58. The van der Waals surface area contributed by atoms with Gasteiger partial charge in [0, 0.05) is 24.8 Å². The van der Waals surface area contributed by atoms with Crippen LogP contribution in [0.1, 0.15) is 32.6 Å². The fourth-order valence-corrected chi connectivity index (χ4v) is 2.76. The number of nitrogens with two attached hydrogens (primary N) is 1. The molecule has 1 fully saturated rings. The number of pyridine rings is 1. The molecule has 1 aliphatic rings. The second kappa shape index (κ2) is 5.85.